The van der Waals surface area contributed by atoms with Crippen molar-refractivity contribution in [3.05, 3.63) is 0 Å². The topological polar surface area (TPSA) is 59.1 Å². The fraction of sp³-hybridized carbons (Fsp3) is 1.00. The molecule has 0 aromatic heterocycles. The van der Waals surface area contributed by atoms with E-state index in [1.807, 2.05) is 13.8 Å². The highest BCUT2D eigenvalue weighted by Gasteiger charge is 2.43. The molecule has 2 aliphatic rings. The van der Waals surface area contributed by atoms with Crippen molar-refractivity contribution in [2.45, 2.75) is 51.4 Å². The van der Waals surface area contributed by atoms with E-state index in [0.717, 1.165) is 25.7 Å². The van der Waals surface area contributed by atoms with Crippen molar-refractivity contribution in [3.63, 3.8) is 0 Å². The van der Waals surface area contributed by atoms with E-state index < -0.39 is 16.0 Å². The van der Waals surface area contributed by atoms with Crippen LogP contribution in [0.5, 0.6) is 0 Å². The Morgan fingerprint density at radius 2 is 1.60 bits per heavy atom. The molecule has 1 spiro atoms. The van der Waals surface area contributed by atoms with E-state index in [1.54, 1.807) is 7.05 Å². The summed E-state index contributed by atoms with van der Waals surface area (Å²) in [6, 6.07) is 0.0408. The van der Waals surface area contributed by atoms with E-state index in [0.29, 0.717) is 26.3 Å². The molecule has 20 heavy (non-hydrogen) atoms. The van der Waals surface area contributed by atoms with Crippen LogP contribution in [0, 0.1) is 0 Å². The Morgan fingerprint density at radius 1 is 1.10 bits per heavy atom. The molecule has 2 rings (SSSR count). The summed E-state index contributed by atoms with van der Waals surface area (Å²) in [5, 5.41) is 0. The molecule has 0 unspecified atom stereocenters. The molecule has 7 heteroatoms. The van der Waals surface area contributed by atoms with E-state index >= 15 is 0 Å². The number of hydrogen-bond acceptors (Lipinski definition) is 4. The molecule has 1 heterocycles. The molecular weight excluding hydrogens is 280 g/mol. The van der Waals surface area contributed by atoms with E-state index in [1.165, 1.54) is 8.61 Å². The van der Waals surface area contributed by atoms with E-state index in [4.69, 9.17) is 9.47 Å². The predicted molar refractivity (Wildman–Crippen MR) is 76.5 cm³/mol. The minimum Gasteiger partial charge on any atom is -0.348 e. The average molecular weight is 306 g/mol. The Labute approximate surface area is 122 Å². The Hall–Kier alpha value is -0.210. The van der Waals surface area contributed by atoms with Crippen LogP contribution in [-0.2, 0) is 19.7 Å². The number of rotatable bonds is 5. The summed E-state index contributed by atoms with van der Waals surface area (Å²) < 4.78 is 39.4. The summed E-state index contributed by atoms with van der Waals surface area (Å²) in [7, 11) is -1.66. The van der Waals surface area contributed by atoms with Gasteiger partial charge in [0.05, 0.1) is 13.2 Å². The SMILES string of the molecule is CCN(CC)S(=O)(=O)N(C)C1CCC2(CC1)OCCO2. The Kier molecular flexibility index (Phi) is 5.07. The second kappa shape index (κ2) is 6.27. The lowest BCUT2D eigenvalue weighted by Gasteiger charge is -2.39. The van der Waals surface area contributed by atoms with Gasteiger partial charge < -0.3 is 9.47 Å². The summed E-state index contributed by atoms with van der Waals surface area (Å²) in [6.07, 6.45) is 3.12. The van der Waals surface area contributed by atoms with E-state index in [-0.39, 0.29) is 6.04 Å². The zero-order chi connectivity index (χ0) is 14.8. The number of nitrogens with zero attached hydrogens (tertiary/aromatic N) is 2. The maximum atomic E-state index is 12.5. The largest absolute Gasteiger partial charge is 0.348 e. The standard InChI is InChI=1S/C13H26N2O4S/c1-4-15(5-2)20(16,17)14(3)12-6-8-13(9-7-12)18-10-11-19-13/h12H,4-11H2,1-3H3. The first-order valence-electron chi connectivity index (χ1n) is 7.46. The van der Waals surface area contributed by atoms with Gasteiger partial charge in [0.2, 0.25) is 0 Å². The first kappa shape index (κ1) is 16.2. The lowest BCUT2D eigenvalue weighted by atomic mass is 9.90. The van der Waals surface area contributed by atoms with Gasteiger partial charge in [0, 0.05) is 39.0 Å². The van der Waals surface area contributed by atoms with Crippen LogP contribution in [0.3, 0.4) is 0 Å². The van der Waals surface area contributed by atoms with Crippen LogP contribution in [0.15, 0.2) is 0 Å². The zero-order valence-corrected chi connectivity index (χ0v) is 13.5. The maximum Gasteiger partial charge on any atom is 0.281 e. The summed E-state index contributed by atoms with van der Waals surface area (Å²) in [5.74, 6) is -0.434. The first-order valence-corrected chi connectivity index (χ1v) is 8.86. The van der Waals surface area contributed by atoms with Gasteiger partial charge in [-0.25, -0.2) is 0 Å². The normalized spacial score (nSPS) is 24.1. The quantitative estimate of drug-likeness (QED) is 0.765. The lowest BCUT2D eigenvalue weighted by molar-refractivity contribution is -0.181. The average Bonchev–Trinajstić information content (AvgIpc) is 2.88. The van der Waals surface area contributed by atoms with E-state index in [2.05, 4.69) is 0 Å². The molecule has 0 N–H and O–H groups in total. The van der Waals surface area contributed by atoms with Crippen LogP contribution in [-0.4, -0.2) is 62.2 Å². The third kappa shape index (κ3) is 3.01. The molecule has 0 amide bonds. The monoisotopic (exact) mass is 306 g/mol. The zero-order valence-electron chi connectivity index (χ0n) is 12.7. The van der Waals surface area contributed by atoms with Crippen molar-refractivity contribution in [2.24, 2.45) is 0 Å². The molecule has 0 bridgehead atoms. The lowest BCUT2D eigenvalue weighted by Crippen LogP contribution is -2.49. The third-order valence-electron chi connectivity index (χ3n) is 4.44. The Morgan fingerprint density at radius 3 is 2.05 bits per heavy atom. The van der Waals surface area contributed by atoms with Gasteiger partial charge in [-0.05, 0) is 12.8 Å². The highest BCUT2D eigenvalue weighted by atomic mass is 32.2. The van der Waals surface area contributed by atoms with Gasteiger partial charge in [-0.15, -0.1) is 0 Å². The molecule has 0 aromatic rings. The summed E-state index contributed by atoms with van der Waals surface area (Å²) in [5.41, 5.74) is 0. The Bertz CT molecular complexity index is 406. The molecule has 2 fully saturated rings. The second-order valence-corrected chi connectivity index (χ2v) is 7.44. The Balaban J connectivity index is 1.99. The molecular formula is C13H26N2O4S. The summed E-state index contributed by atoms with van der Waals surface area (Å²) in [4.78, 5) is 0. The molecule has 0 radical (unpaired) electrons. The van der Waals surface area contributed by atoms with Crippen molar-refractivity contribution < 1.29 is 17.9 Å². The third-order valence-corrected chi connectivity index (χ3v) is 6.64. The molecule has 1 saturated heterocycles. The molecule has 1 aliphatic carbocycles. The molecule has 1 aliphatic heterocycles. The van der Waals surface area contributed by atoms with Crippen LogP contribution in [0.1, 0.15) is 39.5 Å². The number of ether oxygens (including phenoxy) is 2. The van der Waals surface area contributed by atoms with E-state index in [9.17, 15) is 8.42 Å². The smallest absolute Gasteiger partial charge is 0.281 e. The molecule has 6 nitrogen and oxygen atoms in total. The van der Waals surface area contributed by atoms with Gasteiger partial charge in [-0.1, -0.05) is 13.8 Å². The predicted octanol–water partition coefficient (Wildman–Crippen LogP) is 1.19. The fourth-order valence-corrected chi connectivity index (χ4v) is 4.72. The van der Waals surface area contributed by atoms with Gasteiger partial charge >= 0.3 is 0 Å². The number of hydrogen-bond donors (Lipinski definition) is 0. The second-order valence-electron chi connectivity index (χ2n) is 5.45. The molecule has 0 atom stereocenters. The highest BCUT2D eigenvalue weighted by molar-refractivity contribution is 7.86. The van der Waals surface area contributed by atoms with Gasteiger partial charge in [0.15, 0.2) is 5.79 Å². The molecule has 0 aromatic carbocycles. The van der Waals surface area contributed by atoms with Gasteiger partial charge in [-0.2, -0.15) is 17.0 Å². The van der Waals surface area contributed by atoms with Crippen LogP contribution < -0.4 is 0 Å². The van der Waals surface area contributed by atoms with Crippen molar-refractivity contribution in [1.82, 2.24) is 8.61 Å². The van der Waals surface area contributed by atoms with Gasteiger partial charge in [0.1, 0.15) is 0 Å². The summed E-state index contributed by atoms with van der Waals surface area (Å²) in [6.45, 7) is 6.05. The van der Waals surface area contributed by atoms with Crippen molar-refractivity contribution in [1.29, 1.82) is 0 Å². The van der Waals surface area contributed by atoms with Crippen LogP contribution >= 0.6 is 0 Å². The van der Waals surface area contributed by atoms with Crippen LogP contribution in [0.2, 0.25) is 0 Å². The van der Waals surface area contributed by atoms with Crippen LogP contribution in [0.25, 0.3) is 0 Å². The molecule has 118 valence electrons. The maximum absolute atomic E-state index is 12.5. The van der Waals surface area contributed by atoms with Gasteiger partial charge in [0.25, 0.3) is 10.2 Å². The van der Waals surface area contributed by atoms with Crippen LogP contribution in [0.4, 0.5) is 0 Å². The first-order chi connectivity index (χ1) is 9.45. The van der Waals surface area contributed by atoms with Gasteiger partial charge in [-0.3, -0.25) is 0 Å². The highest BCUT2D eigenvalue weighted by Crippen LogP contribution is 2.37. The van der Waals surface area contributed by atoms with Crippen molar-refractivity contribution in [2.75, 3.05) is 33.4 Å². The minimum atomic E-state index is -3.35. The van der Waals surface area contributed by atoms with Crippen molar-refractivity contribution >= 4 is 10.2 Å². The molecule has 1 saturated carbocycles. The summed E-state index contributed by atoms with van der Waals surface area (Å²) >= 11 is 0. The minimum absolute atomic E-state index is 0.0408. The van der Waals surface area contributed by atoms with Crippen molar-refractivity contribution in [3.8, 4) is 0 Å². The fourth-order valence-electron chi connectivity index (χ4n) is 3.11.